The second-order valence-electron chi connectivity index (χ2n) is 11.8. The predicted molar refractivity (Wildman–Crippen MR) is 167 cm³/mol. The highest BCUT2D eigenvalue weighted by atomic mass is 35.5. The maximum Gasteiger partial charge on any atom is 0.243 e. The van der Waals surface area contributed by atoms with Gasteiger partial charge in [0.15, 0.2) is 0 Å². The topological polar surface area (TPSA) is 158 Å². The molecule has 1 aliphatic carbocycles. The summed E-state index contributed by atoms with van der Waals surface area (Å²) in [4.78, 5) is 40.4. The van der Waals surface area contributed by atoms with Gasteiger partial charge in [-0.15, -0.1) is 0 Å². The first-order chi connectivity index (χ1) is 20.6. The van der Waals surface area contributed by atoms with E-state index in [-0.39, 0.29) is 36.1 Å². The van der Waals surface area contributed by atoms with Crippen molar-refractivity contribution >= 4 is 35.2 Å². The van der Waals surface area contributed by atoms with E-state index in [2.05, 4.69) is 21.3 Å². The van der Waals surface area contributed by atoms with Gasteiger partial charge in [0.05, 0.1) is 6.04 Å². The Hall–Kier alpha value is -3.63. The molecule has 11 heteroatoms. The van der Waals surface area contributed by atoms with E-state index in [0.29, 0.717) is 61.0 Å². The molecule has 3 atom stereocenters. The zero-order chi connectivity index (χ0) is 30.9. The molecule has 1 saturated carbocycles. The van der Waals surface area contributed by atoms with E-state index in [1.807, 2.05) is 38.1 Å². The highest BCUT2D eigenvalue weighted by Crippen LogP contribution is 2.33. The number of carbonyl (C=O) groups is 3. The Morgan fingerprint density at radius 2 is 1.81 bits per heavy atom. The number of amidine groups is 1. The van der Waals surface area contributed by atoms with Crippen molar-refractivity contribution in [2.45, 2.75) is 70.5 Å². The third kappa shape index (κ3) is 9.69. The molecule has 1 heterocycles. The standard InChI is InChI=1S/C32H43ClN6O4/c1-19(2)28-32(42)38-26(16-20-8-9-20)30(40)37-12-4-6-22-18-23(29(34)35)10-11-27(22)43-14-13-36-25(31(41)39-28)17-21-5-3-7-24(33)15-21/h3,5,7,10-11,15,18-20,25-26,28,36H,4,6,8-9,12-14,16-17H2,1-2H3,(H3,34,35)(H,37,40)(H,38,42)(H,39,41). The van der Waals surface area contributed by atoms with Gasteiger partial charge in [-0.1, -0.05) is 50.4 Å². The summed E-state index contributed by atoms with van der Waals surface area (Å²) in [7, 11) is 0. The summed E-state index contributed by atoms with van der Waals surface area (Å²) in [5.41, 5.74) is 8.07. The Morgan fingerprint density at radius 3 is 2.51 bits per heavy atom. The van der Waals surface area contributed by atoms with Crippen LogP contribution in [-0.2, 0) is 27.2 Å². The fourth-order valence-corrected chi connectivity index (χ4v) is 5.43. The lowest BCUT2D eigenvalue weighted by molar-refractivity contribution is -0.133. The zero-order valence-corrected chi connectivity index (χ0v) is 25.6. The minimum Gasteiger partial charge on any atom is -0.492 e. The lowest BCUT2D eigenvalue weighted by atomic mass is 10.00. The molecule has 2 aliphatic rings. The van der Waals surface area contributed by atoms with Gasteiger partial charge in [-0.05, 0) is 79.0 Å². The second kappa shape index (κ2) is 15.2. The first-order valence-electron chi connectivity index (χ1n) is 15.1. The van der Waals surface area contributed by atoms with Crippen LogP contribution in [-0.4, -0.2) is 61.4 Å². The van der Waals surface area contributed by atoms with Gasteiger partial charge in [0.1, 0.15) is 30.3 Å². The summed E-state index contributed by atoms with van der Waals surface area (Å²) in [5.74, 6) is -0.110. The van der Waals surface area contributed by atoms with Crippen LogP contribution in [0.1, 0.15) is 56.2 Å². The van der Waals surface area contributed by atoms with Crippen molar-refractivity contribution in [1.82, 2.24) is 21.3 Å². The van der Waals surface area contributed by atoms with Crippen LogP contribution in [0.25, 0.3) is 0 Å². The number of rotatable bonds is 6. The monoisotopic (exact) mass is 610 g/mol. The van der Waals surface area contributed by atoms with Gasteiger partial charge in [0, 0.05) is 23.7 Å². The number of nitrogens with one attached hydrogen (secondary N) is 5. The van der Waals surface area contributed by atoms with Gasteiger partial charge in [0.2, 0.25) is 17.7 Å². The maximum absolute atomic E-state index is 13.7. The molecule has 0 radical (unpaired) electrons. The number of hydrogen-bond donors (Lipinski definition) is 6. The van der Waals surface area contributed by atoms with E-state index in [1.54, 1.807) is 18.2 Å². The number of amides is 3. The van der Waals surface area contributed by atoms with Crippen molar-refractivity contribution in [2.75, 3.05) is 19.7 Å². The Bertz CT molecular complexity index is 1310. The first-order valence-corrected chi connectivity index (χ1v) is 15.4. The number of nitrogens with two attached hydrogens (primary N) is 1. The summed E-state index contributed by atoms with van der Waals surface area (Å²) in [6, 6.07) is 10.5. The molecule has 4 rings (SSSR count). The Balaban J connectivity index is 1.59. The number of aryl methyl sites for hydroxylation is 1. The molecule has 3 unspecified atom stereocenters. The second-order valence-corrected chi connectivity index (χ2v) is 12.2. The zero-order valence-electron chi connectivity index (χ0n) is 24.9. The number of nitrogen functional groups attached to an aromatic ring is 1. The average molecular weight is 611 g/mol. The largest absolute Gasteiger partial charge is 0.492 e. The van der Waals surface area contributed by atoms with Crippen molar-refractivity contribution < 1.29 is 19.1 Å². The molecular weight excluding hydrogens is 568 g/mol. The third-order valence-corrected chi connectivity index (χ3v) is 8.07. The predicted octanol–water partition coefficient (Wildman–Crippen LogP) is 2.69. The quantitative estimate of drug-likeness (QED) is 0.218. The smallest absolute Gasteiger partial charge is 0.243 e. The number of halogens is 1. The van der Waals surface area contributed by atoms with E-state index in [0.717, 1.165) is 24.0 Å². The molecule has 7 N–H and O–H groups in total. The molecule has 0 bridgehead atoms. The van der Waals surface area contributed by atoms with Gasteiger partial charge in [-0.2, -0.15) is 0 Å². The van der Waals surface area contributed by atoms with Crippen LogP contribution in [0.15, 0.2) is 42.5 Å². The van der Waals surface area contributed by atoms with Crippen LogP contribution in [0.3, 0.4) is 0 Å². The van der Waals surface area contributed by atoms with Gasteiger partial charge in [-0.3, -0.25) is 19.8 Å². The van der Waals surface area contributed by atoms with Gasteiger partial charge in [0.25, 0.3) is 0 Å². The highest BCUT2D eigenvalue weighted by molar-refractivity contribution is 6.30. The van der Waals surface area contributed by atoms with Crippen molar-refractivity contribution in [2.24, 2.45) is 17.6 Å². The molecule has 1 aliphatic heterocycles. The van der Waals surface area contributed by atoms with Crippen molar-refractivity contribution in [3.63, 3.8) is 0 Å². The molecule has 0 spiro atoms. The van der Waals surface area contributed by atoms with Gasteiger partial charge >= 0.3 is 0 Å². The molecule has 0 aromatic heterocycles. The SMILES string of the molecule is CC(C)C1NC(=O)C(Cc2cccc(Cl)c2)NCCOc2ccc(C(=N)N)cc2CCCNC(=O)C(CC2CC2)NC1=O. The van der Waals surface area contributed by atoms with E-state index in [1.165, 1.54) is 0 Å². The normalized spacial score (nSPS) is 22.7. The van der Waals surface area contributed by atoms with Crippen LogP contribution in [0, 0.1) is 17.2 Å². The fourth-order valence-electron chi connectivity index (χ4n) is 5.22. The van der Waals surface area contributed by atoms with E-state index in [9.17, 15) is 14.4 Å². The Morgan fingerprint density at radius 1 is 1.02 bits per heavy atom. The van der Waals surface area contributed by atoms with Gasteiger partial charge < -0.3 is 31.7 Å². The lowest BCUT2D eigenvalue weighted by Gasteiger charge is -2.27. The van der Waals surface area contributed by atoms with Crippen LogP contribution >= 0.6 is 11.6 Å². The van der Waals surface area contributed by atoms with Crippen LogP contribution in [0.2, 0.25) is 5.02 Å². The van der Waals surface area contributed by atoms with E-state index >= 15 is 0 Å². The van der Waals surface area contributed by atoms with Crippen LogP contribution in [0.5, 0.6) is 5.75 Å². The summed E-state index contributed by atoms with van der Waals surface area (Å²) in [5, 5.41) is 20.6. The summed E-state index contributed by atoms with van der Waals surface area (Å²) in [6.45, 7) is 4.80. The first kappa shape index (κ1) is 32.3. The van der Waals surface area contributed by atoms with E-state index in [4.69, 9.17) is 27.5 Å². The number of fused-ring (bicyclic) bond motifs is 1. The Kier molecular flexibility index (Phi) is 11.4. The fraction of sp³-hybridized carbons (Fsp3) is 0.500. The summed E-state index contributed by atoms with van der Waals surface area (Å²) in [6.07, 6.45) is 4.22. The molecule has 3 amide bonds. The van der Waals surface area contributed by atoms with Crippen molar-refractivity contribution in [3.8, 4) is 5.75 Å². The summed E-state index contributed by atoms with van der Waals surface area (Å²) >= 11 is 6.21. The lowest BCUT2D eigenvalue weighted by Crippen LogP contribution is -2.58. The molecule has 1 fully saturated rings. The summed E-state index contributed by atoms with van der Waals surface area (Å²) < 4.78 is 6.11. The van der Waals surface area contributed by atoms with Crippen molar-refractivity contribution in [3.05, 3.63) is 64.2 Å². The molecule has 2 aromatic carbocycles. The average Bonchev–Trinajstić information content (AvgIpc) is 3.78. The molecule has 0 saturated heterocycles. The number of ether oxygens (including phenoxy) is 1. The minimum absolute atomic E-state index is 0.0366. The minimum atomic E-state index is -0.817. The molecular formula is C32H43ClN6O4. The molecule has 2 aromatic rings. The maximum atomic E-state index is 13.7. The van der Waals surface area contributed by atoms with E-state index < -0.39 is 18.1 Å². The molecule has 43 heavy (non-hydrogen) atoms. The van der Waals surface area contributed by atoms with Crippen LogP contribution < -0.4 is 31.7 Å². The third-order valence-electron chi connectivity index (χ3n) is 7.84. The number of carbonyl (C=O) groups excluding carboxylic acids is 3. The Labute approximate surface area is 258 Å². The number of benzene rings is 2. The number of hydrogen-bond acceptors (Lipinski definition) is 6. The highest BCUT2D eigenvalue weighted by Gasteiger charge is 2.34. The molecule has 10 nitrogen and oxygen atoms in total. The van der Waals surface area contributed by atoms with Crippen molar-refractivity contribution in [1.29, 1.82) is 5.41 Å². The van der Waals surface area contributed by atoms with Gasteiger partial charge in [-0.25, -0.2) is 0 Å². The molecule has 232 valence electrons. The van der Waals surface area contributed by atoms with Crippen LogP contribution in [0.4, 0.5) is 0 Å².